The third-order valence-corrected chi connectivity index (χ3v) is 2.99. The van der Waals surface area contributed by atoms with Crippen molar-refractivity contribution in [3.05, 3.63) is 23.4 Å². The molecule has 0 aliphatic heterocycles. The third-order valence-electron chi connectivity index (χ3n) is 2.99. The van der Waals surface area contributed by atoms with Crippen molar-refractivity contribution in [1.82, 2.24) is 4.90 Å². The van der Waals surface area contributed by atoms with Gasteiger partial charge < -0.3 is 20.2 Å². The lowest BCUT2D eigenvalue weighted by Crippen LogP contribution is -2.33. The maximum atomic E-state index is 11.2. The Kier molecular flexibility index (Phi) is 4.13. The second-order valence-electron chi connectivity index (χ2n) is 4.59. The minimum Gasteiger partial charge on any atom is -0.481 e. The number of rotatable bonds is 5. The molecule has 0 bridgehead atoms. The molecule has 1 aliphatic carbocycles. The molecule has 3 N–H and O–H groups in total. The number of carboxylic acid groups (broad SMARTS) is 2. The summed E-state index contributed by atoms with van der Waals surface area (Å²) in [4.78, 5) is 23.9. The topological polar surface area (TPSA) is 98.1 Å². The molecule has 0 aromatic carbocycles. The second kappa shape index (κ2) is 5.22. The molecule has 1 rings (SSSR count). The van der Waals surface area contributed by atoms with Crippen molar-refractivity contribution in [1.29, 1.82) is 0 Å². The van der Waals surface area contributed by atoms with Crippen LogP contribution in [0.5, 0.6) is 0 Å². The number of likely N-dealkylation sites (N-methyl/N-ethyl adjacent to an activating group) is 1. The fourth-order valence-electron chi connectivity index (χ4n) is 1.82. The maximum Gasteiger partial charge on any atom is 0.331 e. The fraction of sp³-hybridized carbons (Fsp3) is 0.500. The Bertz CT molecular complexity index is 426. The molecule has 0 saturated carbocycles. The van der Waals surface area contributed by atoms with E-state index in [2.05, 4.69) is 0 Å². The van der Waals surface area contributed by atoms with Crippen LogP contribution < -0.4 is 0 Å². The number of aliphatic carboxylic acids is 2. The Morgan fingerprint density at radius 2 is 2.06 bits per heavy atom. The summed E-state index contributed by atoms with van der Waals surface area (Å²) < 4.78 is 0. The van der Waals surface area contributed by atoms with E-state index in [9.17, 15) is 14.7 Å². The molecule has 0 fully saturated rings. The summed E-state index contributed by atoms with van der Waals surface area (Å²) in [5, 5.41) is 27.1. The Morgan fingerprint density at radius 3 is 2.50 bits per heavy atom. The molecule has 1 atom stereocenters. The molecule has 0 amide bonds. The summed E-state index contributed by atoms with van der Waals surface area (Å²) in [6.45, 7) is 1.71. The maximum absolute atomic E-state index is 11.2. The number of hydrogen-bond acceptors (Lipinski definition) is 4. The normalized spacial score (nSPS) is 23.1. The predicted molar refractivity (Wildman–Crippen MR) is 63.9 cm³/mol. The molecule has 0 heterocycles. The van der Waals surface area contributed by atoms with Crippen LogP contribution in [0.1, 0.15) is 13.3 Å². The van der Waals surface area contributed by atoms with Crippen LogP contribution in [-0.4, -0.2) is 52.4 Å². The molecule has 100 valence electrons. The average Bonchev–Trinajstić information content (AvgIpc) is 2.28. The van der Waals surface area contributed by atoms with E-state index < -0.39 is 17.4 Å². The smallest absolute Gasteiger partial charge is 0.331 e. The second-order valence-corrected chi connectivity index (χ2v) is 4.59. The average molecular weight is 255 g/mol. The molecular weight excluding hydrogens is 238 g/mol. The van der Waals surface area contributed by atoms with E-state index in [-0.39, 0.29) is 18.6 Å². The SMILES string of the molecule is CN(CCO)C1=CC(C)(C(=O)O)CC(C(=O)O)=C1. The number of hydrogen-bond donors (Lipinski definition) is 3. The first-order valence-electron chi connectivity index (χ1n) is 5.52. The summed E-state index contributed by atoms with van der Waals surface area (Å²) in [6.07, 6.45) is 2.92. The first kappa shape index (κ1) is 14.2. The summed E-state index contributed by atoms with van der Waals surface area (Å²) in [6, 6.07) is 0. The van der Waals surface area contributed by atoms with Crippen LogP contribution in [-0.2, 0) is 9.59 Å². The van der Waals surface area contributed by atoms with Gasteiger partial charge in [0.1, 0.15) is 0 Å². The molecule has 0 aromatic heterocycles. The molecule has 0 spiro atoms. The number of allylic oxidation sites excluding steroid dienone is 1. The molecule has 1 unspecified atom stereocenters. The molecule has 0 aromatic rings. The molecule has 0 radical (unpaired) electrons. The van der Waals surface area contributed by atoms with Gasteiger partial charge in [0.15, 0.2) is 0 Å². The Labute approximate surface area is 105 Å². The third kappa shape index (κ3) is 2.89. The Morgan fingerprint density at radius 1 is 1.44 bits per heavy atom. The van der Waals surface area contributed by atoms with Crippen LogP contribution >= 0.6 is 0 Å². The van der Waals surface area contributed by atoms with Crippen LogP contribution in [0.3, 0.4) is 0 Å². The van der Waals surface area contributed by atoms with Crippen molar-refractivity contribution in [3.63, 3.8) is 0 Å². The number of carboxylic acids is 2. The van der Waals surface area contributed by atoms with Gasteiger partial charge in [0.2, 0.25) is 0 Å². The minimum absolute atomic E-state index is 0.0475. The lowest BCUT2D eigenvalue weighted by Gasteiger charge is -2.30. The highest BCUT2D eigenvalue weighted by molar-refractivity contribution is 5.90. The van der Waals surface area contributed by atoms with Crippen LogP contribution in [0.2, 0.25) is 0 Å². The van der Waals surface area contributed by atoms with Gasteiger partial charge in [-0.25, -0.2) is 4.79 Å². The molecule has 18 heavy (non-hydrogen) atoms. The van der Waals surface area contributed by atoms with E-state index in [1.807, 2.05) is 0 Å². The van der Waals surface area contributed by atoms with Crippen molar-refractivity contribution in [2.75, 3.05) is 20.2 Å². The summed E-state index contributed by atoms with van der Waals surface area (Å²) >= 11 is 0. The Hall–Kier alpha value is -1.82. The van der Waals surface area contributed by atoms with Crippen molar-refractivity contribution in [2.45, 2.75) is 13.3 Å². The highest BCUT2D eigenvalue weighted by Gasteiger charge is 2.37. The lowest BCUT2D eigenvalue weighted by atomic mass is 9.79. The Balaban J connectivity index is 3.14. The van der Waals surface area contributed by atoms with E-state index in [0.29, 0.717) is 12.2 Å². The van der Waals surface area contributed by atoms with Gasteiger partial charge in [-0.2, -0.15) is 0 Å². The molecule has 6 nitrogen and oxygen atoms in total. The van der Waals surface area contributed by atoms with Gasteiger partial charge in [-0.05, 0) is 25.5 Å². The van der Waals surface area contributed by atoms with Gasteiger partial charge in [-0.3, -0.25) is 4.79 Å². The van der Waals surface area contributed by atoms with Crippen molar-refractivity contribution >= 4 is 11.9 Å². The lowest BCUT2D eigenvalue weighted by molar-refractivity contribution is -0.145. The van der Waals surface area contributed by atoms with E-state index in [0.717, 1.165) is 0 Å². The van der Waals surface area contributed by atoms with Crippen LogP contribution in [0, 0.1) is 5.41 Å². The van der Waals surface area contributed by atoms with Crippen LogP contribution in [0.25, 0.3) is 0 Å². The molecule has 0 saturated heterocycles. The summed E-state index contributed by atoms with van der Waals surface area (Å²) in [5.41, 5.74) is -0.679. The zero-order valence-electron chi connectivity index (χ0n) is 10.4. The quantitative estimate of drug-likeness (QED) is 0.653. The summed E-state index contributed by atoms with van der Waals surface area (Å²) in [5.74, 6) is -2.19. The number of aliphatic hydroxyl groups excluding tert-OH is 1. The van der Waals surface area contributed by atoms with E-state index in [4.69, 9.17) is 10.2 Å². The van der Waals surface area contributed by atoms with Crippen molar-refractivity contribution in [3.8, 4) is 0 Å². The van der Waals surface area contributed by atoms with Gasteiger partial charge in [-0.1, -0.05) is 0 Å². The fourth-order valence-corrected chi connectivity index (χ4v) is 1.82. The monoisotopic (exact) mass is 255 g/mol. The molecular formula is C12H17NO5. The predicted octanol–water partition coefficient (Wildman–Crippen LogP) is 0.300. The summed E-state index contributed by atoms with van der Waals surface area (Å²) in [7, 11) is 1.67. The minimum atomic E-state index is -1.23. The van der Waals surface area contributed by atoms with Crippen molar-refractivity contribution in [2.24, 2.45) is 5.41 Å². The molecule has 1 aliphatic rings. The first-order valence-corrected chi connectivity index (χ1v) is 5.52. The number of carbonyl (C=O) groups is 2. The first-order chi connectivity index (χ1) is 8.30. The van der Waals surface area contributed by atoms with Gasteiger partial charge in [-0.15, -0.1) is 0 Å². The largest absolute Gasteiger partial charge is 0.481 e. The highest BCUT2D eigenvalue weighted by atomic mass is 16.4. The number of nitrogens with zero attached hydrogens (tertiary/aromatic N) is 1. The highest BCUT2D eigenvalue weighted by Crippen LogP contribution is 2.35. The number of aliphatic hydroxyl groups is 1. The van der Waals surface area contributed by atoms with Crippen LogP contribution in [0.4, 0.5) is 0 Å². The molecule has 6 heteroatoms. The van der Waals surface area contributed by atoms with Gasteiger partial charge >= 0.3 is 11.9 Å². The van der Waals surface area contributed by atoms with E-state index >= 15 is 0 Å². The standard InChI is InChI=1S/C12H17NO5/c1-12(11(17)18)6-8(10(15)16)5-9(7-12)13(2)3-4-14/h5,7,14H,3-4,6H2,1-2H3,(H,15,16)(H,17,18). The van der Waals surface area contributed by atoms with Gasteiger partial charge in [0.25, 0.3) is 0 Å². The van der Waals surface area contributed by atoms with Gasteiger partial charge in [0.05, 0.1) is 12.0 Å². The zero-order chi connectivity index (χ0) is 13.9. The van der Waals surface area contributed by atoms with Crippen molar-refractivity contribution < 1.29 is 24.9 Å². The van der Waals surface area contributed by atoms with E-state index in [1.54, 1.807) is 11.9 Å². The van der Waals surface area contributed by atoms with E-state index in [1.165, 1.54) is 19.1 Å². The van der Waals surface area contributed by atoms with Crippen LogP contribution in [0.15, 0.2) is 23.4 Å². The zero-order valence-corrected chi connectivity index (χ0v) is 10.4. The van der Waals surface area contributed by atoms with Gasteiger partial charge in [0, 0.05) is 24.9 Å².